The molecule has 2 aromatic carbocycles. The van der Waals surface area contributed by atoms with Crippen molar-refractivity contribution in [3.05, 3.63) is 77.6 Å². The largest absolute Gasteiger partial charge is 0.378 e. The van der Waals surface area contributed by atoms with Gasteiger partial charge in [0.15, 0.2) is 0 Å². The van der Waals surface area contributed by atoms with Crippen molar-refractivity contribution in [2.24, 2.45) is 5.92 Å². The second kappa shape index (κ2) is 4.48. The van der Waals surface area contributed by atoms with Gasteiger partial charge < -0.3 is 5.32 Å². The Morgan fingerprint density at radius 3 is 2.85 bits per heavy atom. The fourth-order valence-electron chi connectivity index (χ4n) is 3.57. The Bertz CT molecular complexity index is 677. The molecule has 2 aliphatic rings. The van der Waals surface area contributed by atoms with Gasteiger partial charge in [0.1, 0.15) is 5.82 Å². The van der Waals surface area contributed by atoms with Crippen LogP contribution in [0, 0.1) is 11.7 Å². The first-order valence-electron chi connectivity index (χ1n) is 7.10. The van der Waals surface area contributed by atoms with Gasteiger partial charge >= 0.3 is 0 Å². The summed E-state index contributed by atoms with van der Waals surface area (Å²) < 4.78 is 13.5. The molecule has 0 saturated carbocycles. The summed E-state index contributed by atoms with van der Waals surface area (Å²) in [4.78, 5) is 0. The summed E-state index contributed by atoms with van der Waals surface area (Å²) in [5, 5.41) is 3.61. The van der Waals surface area contributed by atoms with Gasteiger partial charge in [0.2, 0.25) is 0 Å². The lowest BCUT2D eigenvalue weighted by atomic mass is 9.77. The second-order valence-corrected chi connectivity index (χ2v) is 5.62. The Morgan fingerprint density at radius 1 is 1.05 bits per heavy atom. The Hall–Kier alpha value is -2.09. The zero-order chi connectivity index (χ0) is 13.5. The van der Waals surface area contributed by atoms with E-state index < -0.39 is 0 Å². The van der Waals surface area contributed by atoms with Crippen LogP contribution in [-0.4, -0.2) is 0 Å². The monoisotopic (exact) mass is 265 g/mol. The van der Waals surface area contributed by atoms with E-state index >= 15 is 0 Å². The molecule has 1 heterocycles. The third kappa shape index (κ3) is 1.75. The van der Waals surface area contributed by atoms with Gasteiger partial charge in [-0.3, -0.25) is 0 Å². The molecule has 0 amide bonds. The lowest BCUT2D eigenvalue weighted by molar-refractivity contribution is 0.424. The summed E-state index contributed by atoms with van der Waals surface area (Å²) in [6.45, 7) is 0. The summed E-state index contributed by atoms with van der Waals surface area (Å²) in [5.74, 6) is 0.762. The quantitative estimate of drug-likeness (QED) is 0.740. The highest BCUT2D eigenvalue weighted by atomic mass is 19.1. The third-order valence-electron chi connectivity index (χ3n) is 4.48. The van der Waals surface area contributed by atoms with Crippen LogP contribution < -0.4 is 5.32 Å². The van der Waals surface area contributed by atoms with E-state index in [1.54, 1.807) is 12.1 Å². The molecule has 0 aromatic heterocycles. The van der Waals surface area contributed by atoms with Gasteiger partial charge in [0.05, 0.1) is 6.04 Å². The number of rotatable bonds is 1. The van der Waals surface area contributed by atoms with Crippen molar-refractivity contribution in [3.63, 3.8) is 0 Å². The summed E-state index contributed by atoms with van der Waals surface area (Å²) in [6, 6.07) is 15.6. The van der Waals surface area contributed by atoms with Gasteiger partial charge in [-0.05, 0) is 41.7 Å². The number of fused-ring (bicyclic) bond motifs is 3. The third-order valence-corrected chi connectivity index (χ3v) is 4.48. The van der Waals surface area contributed by atoms with Gasteiger partial charge in [-0.15, -0.1) is 0 Å². The van der Waals surface area contributed by atoms with Crippen LogP contribution in [0.4, 0.5) is 10.1 Å². The first-order chi connectivity index (χ1) is 9.83. The minimum Gasteiger partial charge on any atom is -0.378 e. The van der Waals surface area contributed by atoms with Crippen LogP contribution in [0.2, 0.25) is 0 Å². The Balaban J connectivity index is 1.80. The molecule has 0 radical (unpaired) electrons. The van der Waals surface area contributed by atoms with Gasteiger partial charge in [-0.25, -0.2) is 4.39 Å². The summed E-state index contributed by atoms with van der Waals surface area (Å²) >= 11 is 0. The van der Waals surface area contributed by atoms with Crippen molar-refractivity contribution in [2.75, 3.05) is 5.32 Å². The zero-order valence-corrected chi connectivity index (χ0v) is 11.1. The van der Waals surface area contributed by atoms with E-state index in [9.17, 15) is 4.39 Å². The van der Waals surface area contributed by atoms with E-state index in [4.69, 9.17) is 0 Å². The number of hydrogen-bond donors (Lipinski definition) is 1. The normalized spacial score (nSPS) is 26.8. The first-order valence-corrected chi connectivity index (χ1v) is 7.10. The van der Waals surface area contributed by atoms with Crippen LogP contribution in [0.25, 0.3) is 0 Å². The van der Waals surface area contributed by atoms with E-state index in [1.807, 2.05) is 12.1 Å². The lowest BCUT2D eigenvalue weighted by Crippen LogP contribution is -2.29. The predicted molar refractivity (Wildman–Crippen MR) is 79.2 cm³/mol. The van der Waals surface area contributed by atoms with E-state index in [2.05, 4.69) is 35.7 Å². The van der Waals surface area contributed by atoms with E-state index in [1.165, 1.54) is 17.3 Å². The molecule has 0 spiro atoms. The maximum atomic E-state index is 13.5. The highest BCUT2D eigenvalue weighted by Gasteiger charge is 2.37. The van der Waals surface area contributed by atoms with Crippen molar-refractivity contribution >= 4 is 5.69 Å². The highest BCUT2D eigenvalue weighted by molar-refractivity contribution is 5.59. The van der Waals surface area contributed by atoms with E-state index in [0.29, 0.717) is 11.8 Å². The SMILES string of the molecule is Fc1cccc([C@@H]2Nc3ccccc3[C@H]3C=CC[C@H]32)c1. The average Bonchev–Trinajstić information content (AvgIpc) is 2.96. The summed E-state index contributed by atoms with van der Waals surface area (Å²) in [5.41, 5.74) is 3.58. The van der Waals surface area contributed by atoms with Gasteiger partial charge in [0, 0.05) is 11.6 Å². The molecule has 1 aliphatic carbocycles. The molecule has 0 saturated heterocycles. The Kier molecular flexibility index (Phi) is 2.62. The topological polar surface area (TPSA) is 12.0 Å². The molecule has 1 N–H and O–H groups in total. The average molecular weight is 265 g/mol. The summed E-state index contributed by atoms with van der Waals surface area (Å²) in [6.07, 6.45) is 5.61. The molecular formula is C18H16FN. The zero-order valence-electron chi connectivity index (χ0n) is 11.1. The van der Waals surface area contributed by atoms with Gasteiger partial charge in [-0.2, -0.15) is 0 Å². The molecule has 20 heavy (non-hydrogen) atoms. The minimum atomic E-state index is -0.161. The molecule has 2 heteroatoms. The maximum absolute atomic E-state index is 13.5. The van der Waals surface area contributed by atoms with Gasteiger partial charge in [0.25, 0.3) is 0 Å². The lowest BCUT2D eigenvalue weighted by Gasteiger charge is -2.37. The number of nitrogens with one attached hydrogen (secondary N) is 1. The highest BCUT2D eigenvalue weighted by Crippen LogP contribution is 2.49. The van der Waals surface area contributed by atoms with Gasteiger partial charge in [-0.1, -0.05) is 42.5 Å². The van der Waals surface area contributed by atoms with Crippen LogP contribution in [-0.2, 0) is 0 Å². The smallest absolute Gasteiger partial charge is 0.123 e. The number of para-hydroxylation sites is 1. The van der Waals surface area contributed by atoms with E-state index in [-0.39, 0.29) is 11.9 Å². The summed E-state index contributed by atoms with van der Waals surface area (Å²) in [7, 11) is 0. The fraction of sp³-hybridized carbons (Fsp3) is 0.222. The molecular weight excluding hydrogens is 249 g/mol. The van der Waals surface area contributed by atoms with Crippen LogP contribution in [0.15, 0.2) is 60.7 Å². The number of benzene rings is 2. The molecule has 1 aliphatic heterocycles. The molecule has 0 bridgehead atoms. The number of allylic oxidation sites excluding steroid dienone is 2. The number of anilines is 1. The second-order valence-electron chi connectivity index (χ2n) is 5.62. The predicted octanol–water partition coefficient (Wildman–Crippen LogP) is 4.65. The molecule has 100 valence electrons. The van der Waals surface area contributed by atoms with E-state index in [0.717, 1.165) is 12.0 Å². The first kappa shape index (κ1) is 11.7. The van der Waals surface area contributed by atoms with Crippen LogP contribution in [0.1, 0.15) is 29.5 Å². The molecule has 0 unspecified atom stereocenters. The van der Waals surface area contributed by atoms with Crippen molar-refractivity contribution in [2.45, 2.75) is 18.4 Å². The number of hydrogen-bond acceptors (Lipinski definition) is 1. The molecule has 2 aromatic rings. The Morgan fingerprint density at radius 2 is 1.95 bits per heavy atom. The maximum Gasteiger partial charge on any atom is 0.123 e. The molecule has 1 nitrogen and oxygen atoms in total. The van der Waals surface area contributed by atoms with Crippen molar-refractivity contribution in [1.82, 2.24) is 0 Å². The van der Waals surface area contributed by atoms with Crippen LogP contribution in [0.5, 0.6) is 0 Å². The fourth-order valence-corrected chi connectivity index (χ4v) is 3.57. The molecule has 0 fully saturated rings. The minimum absolute atomic E-state index is 0.161. The molecule has 4 rings (SSSR count). The van der Waals surface area contributed by atoms with Crippen molar-refractivity contribution in [3.8, 4) is 0 Å². The van der Waals surface area contributed by atoms with Crippen molar-refractivity contribution in [1.29, 1.82) is 0 Å². The van der Waals surface area contributed by atoms with Crippen molar-refractivity contribution < 1.29 is 4.39 Å². The Labute approximate surface area is 118 Å². The number of halogens is 1. The standard InChI is InChI=1S/C18H16FN/c19-13-6-3-5-12(11-13)18-16-9-4-8-14(16)15-7-1-2-10-17(15)20-18/h1-8,10-11,14,16,18,20H,9H2/t14-,16-,18+/m1/s1. The van der Waals surface area contributed by atoms with Crippen LogP contribution in [0.3, 0.4) is 0 Å². The molecule has 3 atom stereocenters. The van der Waals surface area contributed by atoms with Crippen LogP contribution >= 0.6 is 0 Å².